The van der Waals surface area contributed by atoms with Crippen LogP contribution in [0.5, 0.6) is 0 Å². The average molecular weight is 263 g/mol. The van der Waals surface area contributed by atoms with Crippen molar-refractivity contribution in [2.45, 2.75) is 19.4 Å². The van der Waals surface area contributed by atoms with Gasteiger partial charge in [0.1, 0.15) is 0 Å². The Morgan fingerprint density at radius 2 is 2.32 bits per heavy atom. The molecule has 0 aliphatic heterocycles. The number of fused-ring (bicyclic) bond motifs is 1. The van der Waals surface area contributed by atoms with Gasteiger partial charge >= 0.3 is 6.03 Å². The normalized spacial score (nSPS) is 12.3. The van der Waals surface area contributed by atoms with Crippen molar-refractivity contribution in [1.29, 1.82) is 0 Å². The molecule has 0 spiro atoms. The minimum absolute atomic E-state index is 0.0239. The Hall–Kier alpha value is -2.15. The third-order valence-electron chi connectivity index (χ3n) is 2.73. The van der Waals surface area contributed by atoms with Crippen LogP contribution in [0.25, 0.3) is 5.65 Å². The number of pyridine rings is 1. The summed E-state index contributed by atoms with van der Waals surface area (Å²) in [6.07, 6.45) is 2.58. The number of hydrogen-bond donors (Lipinski definition) is 2. The Morgan fingerprint density at radius 1 is 1.47 bits per heavy atom. The highest BCUT2D eigenvalue weighted by Gasteiger charge is 2.12. The largest absolute Gasteiger partial charge is 0.383 e. The van der Waals surface area contributed by atoms with Crippen molar-refractivity contribution in [3.63, 3.8) is 0 Å². The molecule has 0 saturated heterocycles. The lowest BCUT2D eigenvalue weighted by Crippen LogP contribution is -2.40. The van der Waals surface area contributed by atoms with E-state index in [0.717, 1.165) is 6.42 Å². The van der Waals surface area contributed by atoms with E-state index in [-0.39, 0.29) is 12.1 Å². The predicted octanol–water partition coefficient (Wildman–Crippen LogP) is 1.28. The van der Waals surface area contributed by atoms with Crippen LogP contribution in [-0.4, -0.2) is 40.4 Å². The first-order valence-electron chi connectivity index (χ1n) is 6.10. The molecule has 0 aromatic carbocycles. The van der Waals surface area contributed by atoms with Crippen molar-refractivity contribution in [3.8, 4) is 0 Å². The van der Waals surface area contributed by atoms with E-state index in [2.05, 4.69) is 20.8 Å². The van der Waals surface area contributed by atoms with Gasteiger partial charge in [0.25, 0.3) is 0 Å². The van der Waals surface area contributed by atoms with Crippen LogP contribution in [0.3, 0.4) is 0 Å². The predicted molar refractivity (Wildman–Crippen MR) is 71.1 cm³/mol. The molecule has 0 saturated carbocycles. The van der Waals surface area contributed by atoms with Crippen LogP contribution in [0.1, 0.15) is 13.3 Å². The molecular weight excluding hydrogens is 246 g/mol. The van der Waals surface area contributed by atoms with Gasteiger partial charge in [-0.2, -0.15) is 0 Å². The summed E-state index contributed by atoms with van der Waals surface area (Å²) < 4.78 is 6.73. The topological polar surface area (TPSA) is 80.5 Å². The molecule has 2 rings (SSSR count). The fourth-order valence-corrected chi connectivity index (χ4v) is 1.71. The maximum absolute atomic E-state index is 11.8. The van der Waals surface area contributed by atoms with Crippen LogP contribution in [0, 0.1) is 0 Å². The van der Waals surface area contributed by atoms with E-state index in [1.54, 1.807) is 17.7 Å². The maximum Gasteiger partial charge on any atom is 0.321 e. The van der Waals surface area contributed by atoms with E-state index < -0.39 is 0 Å². The van der Waals surface area contributed by atoms with Crippen LogP contribution < -0.4 is 10.6 Å². The molecule has 102 valence electrons. The number of nitrogens with one attached hydrogen (secondary N) is 2. The van der Waals surface area contributed by atoms with Gasteiger partial charge in [0, 0.05) is 13.3 Å². The van der Waals surface area contributed by atoms with Crippen LogP contribution in [-0.2, 0) is 4.74 Å². The zero-order valence-corrected chi connectivity index (χ0v) is 11.0. The molecule has 0 fully saturated rings. The second-order valence-electron chi connectivity index (χ2n) is 4.11. The molecule has 7 nitrogen and oxygen atoms in total. The minimum atomic E-state index is -0.318. The van der Waals surface area contributed by atoms with Crippen LogP contribution in [0.4, 0.5) is 10.7 Å². The molecule has 7 heteroatoms. The molecule has 19 heavy (non-hydrogen) atoms. The summed E-state index contributed by atoms with van der Waals surface area (Å²) in [5.74, 6) is 0.389. The Kier molecular flexibility index (Phi) is 4.30. The smallest absolute Gasteiger partial charge is 0.321 e. The monoisotopic (exact) mass is 263 g/mol. The molecule has 2 N–H and O–H groups in total. The lowest BCUT2D eigenvalue weighted by molar-refractivity contribution is 0.165. The Labute approximate surface area is 111 Å². The summed E-state index contributed by atoms with van der Waals surface area (Å²) in [6, 6.07) is 5.18. The summed E-state index contributed by atoms with van der Waals surface area (Å²) >= 11 is 0. The lowest BCUT2D eigenvalue weighted by Gasteiger charge is -2.15. The number of carbonyl (C=O) groups excluding carboxylic acids is 1. The number of rotatable bonds is 5. The van der Waals surface area contributed by atoms with E-state index in [1.165, 1.54) is 0 Å². The fraction of sp³-hybridized carbons (Fsp3) is 0.417. The van der Waals surface area contributed by atoms with Crippen molar-refractivity contribution in [1.82, 2.24) is 19.9 Å². The van der Waals surface area contributed by atoms with Gasteiger partial charge in [0.2, 0.25) is 5.95 Å². The second kappa shape index (κ2) is 6.14. The lowest BCUT2D eigenvalue weighted by atomic mass is 10.2. The highest BCUT2D eigenvalue weighted by atomic mass is 16.5. The molecule has 2 aromatic rings. The third kappa shape index (κ3) is 3.19. The molecule has 0 aliphatic carbocycles. The van der Waals surface area contributed by atoms with Crippen LogP contribution in [0.15, 0.2) is 24.4 Å². The summed E-state index contributed by atoms with van der Waals surface area (Å²) in [5.41, 5.74) is 0.682. The molecular formula is C12H17N5O2. The van der Waals surface area contributed by atoms with Crippen molar-refractivity contribution in [2.24, 2.45) is 0 Å². The van der Waals surface area contributed by atoms with Gasteiger partial charge in [-0.05, 0) is 18.6 Å². The molecule has 0 radical (unpaired) electrons. The van der Waals surface area contributed by atoms with Crippen molar-refractivity contribution < 1.29 is 9.53 Å². The van der Waals surface area contributed by atoms with Gasteiger partial charge in [-0.1, -0.05) is 13.0 Å². The molecule has 2 heterocycles. The fourth-order valence-electron chi connectivity index (χ4n) is 1.71. The van der Waals surface area contributed by atoms with E-state index >= 15 is 0 Å². The van der Waals surface area contributed by atoms with Gasteiger partial charge in [-0.25, -0.2) is 4.79 Å². The van der Waals surface area contributed by atoms with Crippen molar-refractivity contribution in [2.75, 3.05) is 19.0 Å². The number of amides is 2. The van der Waals surface area contributed by atoms with Crippen LogP contribution >= 0.6 is 0 Å². The second-order valence-corrected chi connectivity index (χ2v) is 4.11. The summed E-state index contributed by atoms with van der Waals surface area (Å²) in [4.78, 5) is 11.8. The molecule has 0 unspecified atom stereocenters. The number of urea groups is 1. The molecule has 2 aromatic heterocycles. The molecule has 0 bridgehead atoms. The Morgan fingerprint density at radius 3 is 3.05 bits per heavy atom. The third-order valence-corrected chi connectivity index (χ3v) is 2.73. The molecule has 0 aliphatic rings. The van der Waals surface area contributed by atoms with Gasteiger partial charge in [0.15, 0.2) is 5.65 Å². The van der Waals surface area contributed by atoms with Gasteiger partial charge in [-0.3, -0.25) is 9.72 Å². The van der Waals surface area contributed by atoms with Gasteiger partial charge in [0.05, 0.1) is 12.6 Å². The molecule has 1 atom stereocenters. The number of hydrogen-bond acceptors (Lipinski definition) is 4. The zero-order chi connectivity index (χ0) is 13.7. The van der Waals surface area contributed by atoms with Gasteiger partial charge in [-0.15, -0.1) is 10.2 Å². The van der Waals surface area contributed by atoms with Gasteiger partial charge < -0.3 is 10.1 Å². The van der Waals surface area contributed by atoms with Crippen molar-refractivity contribution in [3.05, 3.63) is 24.4 Å². The number of carbonyl (C=O) groups is 1. The Balaban J connectivity index is 2.02. The van der Waals surface area contributed by atoms with E-state index in [4.69, 9.17) is 4.74 Å². The first-order chi connectivity index (χ1) is 9.24. The quantitative estimate of drug-likeness (QED) is 0.851. The standard InChI is InChI=1S/C12H17N5O2/c1-3-9(8-19-2)13-12(18)14-11-16-15-10-6-4-5-7-17(10)11/h4-7,9H,3,8H2,1-2H3,(H2,13,14,16,18)/t9-/m0/s1. The summed E-state index contributed by atoms with van der Waals surface area (Å²) in [5, 5.41) is 13.4. The van der Waals surface area contributed by atoms with Crippen molar-refractivity contribution >= 4 is 17.6 Å². The number of nitrogens with zero attached hydrogens (tertiary/aromatic N) is 3. The highest BCUT2D eigenvalue weighted by molar-refractivity contribution is 5.87. The number of methoxy groups -OCH3 is 1. The average Bonchev–Trinajstić information content (AvgIpc) is 2.82. The highest BCUT2D eigenvalue weighted by Crippen LogP contribution is 2.07. The molecule has 2 amide bonds. The van der Waals surface area contributed by atoms with Crippen LogP contribution in [0.2, 0.25) is 0 Å². The zero-order valence-electron chi connectivity index (χ0n) is 11.0. The summed E-state index contributed by atoms with van der Waals surface area (Å²) in [7, 11) is 1.61. The minimum Gasteiger partial charge on any atom is -0.383 e. The van der Waals surface area contributed by atoms with E-state index in [0.29, 0.717) is 18.2 Å². The van der Waals surface area contributed by atoms with E-state index in [1.807, 2.05) is 25.1 Å². The first kappa shape index (κ1) is 13.3. The maximum atomic E-state index is 11.8. The summed E-state index contributed by atoms with van der Waals surface area (Å²) in [6.45, 7) is 2.46. The SMILES string of the molecule is CC[C@@H](COC)NC(=O)Nc1nnc2ccccn12. The number of ether oxygens (including phenoxy) is 1. The first-order valence-corrected chi connectivity index (χ1v) is 6.10. The van der Waals surface area contributed by atoms with E-state index in [9.17, 15) is 4.79 Å². The Bertz CT molecular complexity index is 554. The number of anilines is 1. The number of aromatic nitrogens is 3.